The number of carbonyl (C=O) groups excluding carboxylic acids is 1. The van der Waals surface area contributed by atoms with Gasteiger partial charge in [-0.15, -0.1) is 0 Å². The SMILES string of the molecule is CC(C)(C)C1CN(c2ccccc2)c2cc(Cl)ccc2C(CCC(=O)NS(C)(=O)=O)=[N+]1[O-]. The molecule has 0 radical (unpaired) electrons. The van der Waals surface area contributed by atoms with Crippen molar-refractivity contribution in [1.29, 1.82) is 0 Å². The van der Waals surface area contributed by atoms with E-state index in [0.717, 1.165) is 22.4 Å². The molecule has 2 aromatic carbocycles. The summed E-state index contributed by atoms with van der Waals surface area (Å²) in [6, 6.07) is 14.6. The van der Waals surface area contributed by atoms with Gasteiger partial charge in [-0.05, 0) is 30.3 Å². The summed E-state index contributed by atoms with van der Waals surface area (Å²) in [4.78, 5) is 14.2. The highest BCUT2D eigenvalue weighted by Gasteiger charge is 2.39. The minimum absolute atomic E-state index is 0.0920. The molecule has 3 rings (SSSR count). The molecule has 9 heteroatoms. The molecule has 32 heavy (non-hydrogen) atoms. The van der Waals surface area contributed by atoms with E-state index in [1.54, 1.807) is 12.1 Å². The van der Waals surface area contributed by atoms with Gasteiger partial charge in [-0.25, -0.2) is 13.2 Å². The van der Waals surface area contributed by atoms with Crippen LogP contribution in [0.15, 0.2) is 48.5 Å². The first-order chi connectivity index (χ1) is 14.9. The number of halogens is 1. The van der Waals surface area contributed by atoms with Crippen LogP contribution in [0.25, 0.3) is 0 Å². The second-order valence-electron chi connectivity index (χ2n) is 9.06. The third-order valence-electron chi connectivity index (χ3n) is 5.42. The van der Waals surface area contributed by atoms with Crippen LogP contribution in [0.2, 0.25) is 5.02 Å². The number of sulfonamides is 1. The van der Waals surface area contributed by atoms with Gasteiger partial charge in [-0.3, -0.25) is 9.52 Å². The van der Waals surface area contributed by atoms with Gasteiger partial charge in [0.1, 0.15) is 0 Å². The molecular formula is C23H28ClN3O4S. The van der Waals surface area contributed by atoms with E-state index in [1.165, 1.54) is 0 Å². The number of benzene rings is 2. The first-order valence-electron chi connectivity index (χ1n) is 10.3. The third kappa shape index (κ3) is 5.61. The average molecular weight is 478 g/mol. The van der Waals surface area contributed by atoms with Crippen LogP contribution in [-0.2, 0) is 14.8 Å². The molecule has 7 nitrogen and oxygen atoms in total. The van der Waals surface area contributed by atoms with E-state index in [9.17, 15) is 18.4 Å². The van der Waals surface area contributed by atoms with Crippen LogP contribution in [0.3, 0.4) is 0 Å². The Kier molecular flexibility index (Phi) is 6.86. The van der Waals surface area contributed by atoms with Crippen LogP contribution in [0.4, 0.5) is 11.4 Å². The molecule has 1 unspecified atom stereocenters. The predicted molar refractivity (Wildman–Crippen MR) is 128 cm³/mol. The van der Waals surface area contributed by atoms with Gasteiger partial charge in [-0.1, -0.05) is 50.6 Å². The van der Waals surface area contributed by atoms with Crippen LogP contribution >= 0.6 is 11.6 Å². The number of hydrogen-bond donors (Lipinski definition) is 1. The molecule has 1 atom stereocenters. The van der Waals surface area contributed by atoms with Crippen LogP contribution in [0, 0.1) is 10.6 Å². The lowest BCUT2D eigenvalue weighted by atomic mass is 9.86. The fourth-order valence-electron chi connectivity index (χ4n) is 3.84. The number of hydrogen-bond acceptors (Lipinski definition) is 5. The Balaban J connectivity index is 2.12. The van der Waals surface area contributed by atoms with E-state index >= 15 is 0 Å². The Morgan fingerprint density at radius 2 is 1.88 bits per heavy atom. The van der Waals surface area contributed by atoms with E-state index in [-0.39, 0.29) is 18.3 Å². The zero-order chi connectivity index (χ0) is 23.7. The third-order valence-corrected chi connectivity index (χ3v) is 6.26. The Labute approximate surface area is 194 Å². The Morgan fingerprint density at radius 3 is 2.47 bits per heavy atom. The summed E-state index contributed by atoms with van der Waals surface area (Å²) in [5.41, 5.74) is 2.43. The molecule has 172 valence electrons. The number of nitrogens with zero attached hydrogens (tertiary/aromatic N) is 2. The molecule has 1 heterocycles. The summed E-state index contributed by atoms with van der Waals surface area (Å²) in [5, 5.41) is 14.2. The van der Waals surface area contributed by atoms with Crippen molar-refractivity contribution in [3.63, 3.8) is 0 Å². The highest BCUT2D eigenvalue weighted by Crippen LogP contribution is 2.37. The molecule has 2 aromatic rings. The van der Waals surface area contributed by atoms with Crippen molar-refractivity contribution in [3.8, 4) is 0 Å². The molecule has 0 fully saturated rings. The van der Waals surface area contributed by atoms with Gasteiger partial charge in [0.05, 0.1) is 24.1 Å². The molecule has 0 bridgehead atoms. The number of nitrogens with one attached hydrogen (secondary N) is 1. The second kappa shape index (κ2) is 9.11. The van der Waals surface area contributed by atoms with Crippen molar-refractivity contribution in [2.75, 3.05) is 17.7 Å². The van der Waals surface area contributed by atoms with E-state index in [0.29, 0.717) is 22.8 Å². The van der Waals surface area contributed by atoms with E-state index < -0.39 is 22.0 Å². The molecule has 0 aromatic heterocycles. The standard InChI is InChI=1S/C23H28ClN3O4S/c1-23(2,3)21-15-26(17-8-6-5-7-9-17)20-14-16(24)10-11-18(20)19(27(21)29)12-13-22(28)25-32(4,30)31/h5-11,14,21H,12-13,15H2,1-4H3,(H,25,28). The van der Waals surface area contributed by atoms with Gasteiger partial charge in [-0.2, -0.15) is 0 Å². The van der Waals surface area contributed by atoms with E-state index in [4.69, 9.17) is 11.6 Å². The number of carbonyl (C=O) groups is 1. The first kappa shape index (κ1) is 24.1. The highest BCUT2D eigenvalue weighted by molar-refractivity contribution is 7.89. The average Bonchev–Trinajstić information content (AvgIpc) is 2.79. The number of amides is 1. The molecule has 1 aliphatic rings. The van der Waals surface area contributed by atoms with Crippen molar-refractivity contribution in [3.05, 3.63) is 64.3 Å². The Hall–Kier alpha value is -2.58. The van der Waals surface area contributed by atoms with Crippen molar-refractivity contribution < 1.29 is 18.0 Å². The minimum Gasteiger partial charge on any atom is -0.623 e. The number of rotatable bonds is 5. The summed E-state index contributed by atoms with van der Waals surface area (Å²) >= 11 is 6.33. The van der Waals surface area contributed by atoms with Crippen molar-refractivity contribution in [2.24, 2.45) is 5.41 Å². The van der Waals surface area contributed by atoms with Crippen molar-refractivity contribution >= 4 is 44.6 Å². The van der Waals surface area contributed by atoms with Gasteiger partial charge < -0.3 is 10.1 Å². The number of hydroxylamine groups is 1. The lowest BCUT2D eigenvalue weighted by molar-refractivity contribution is -0.516. The fraction of sp³-hybridized carbons (Fsp3) is 0.391. The monoisotopic (exact) mass is 477 g/mol. The van der Waals surface area contributed by atoms with Gasteiger partial charge >= 0.3 is 0 Å². The largest absolute Gasteiger partial charge is 0.623 e. The molecule has 1 amide bonds. The lowest BCUT2D eigenvalue weighted by Crippen LogP contribution is -2.44. The van der Waals surface area contributed by atoms with E-state index in [1.807, 2.05) is 61.9 Å². The fourth-order valence-corrected chi connectivity index (χ4v) is 4.52. The van der Waals surface area contributed by atoms with Crippen LogP contribution < -0.4 is 9.62 Å². The molecule has 0 saturated carbocycles. The summed E-state index contributed by atoms with van der Waals surface area (Å²) in [5.74, 6) is -0.652. The molecule has 0 saturated heterocycles. The first-order valence-corrected chi connectivity index (χ1v) is 12.6. The van der Waals surface area contributed by atoms with Gasteiger partial charge in [0.2, 0.25) is 15.9 Å². The summed E-state index contributed by atoms with van der Waals surface area (Å²) < 4.78 is 25.8. The summed E-state index contributed by atoms with van der Waals surface area (Å²) in [6.07, 6.45) is 0.883. The van der Waals surface area contributed by atoms with Gasteiger partial charge in [0.25, 0.3) is 0 Å². The quantitative estimate of drug-likeness (QED) is 0.517. The number of anilines is 2. The lowest BCUT2D eigenvalue weighted by Gasteiger charge is -2.33. The van der Waals surface area contributed by atoms with Crippen molar-refractivity contribution in [2.45, 2.75) is 39.7 Å². The van der Waals surface area contributed by atoms with E-state index in [2.05, 4.69) is 4.90 Å². The second-order valence-corrected chi connectivity index (χ2v) is 11.2. The molecular weight excluding hydrogens is 450 g/mol. The maximum absolute atomic E-state index is 13.7. The highest BCUT2D eigenvalue weighted by atomic mass is 35.5. The smallest absolute Gasteiger partial charge is 0.233 e. The topological polar surface area (TPSA) is 92.6 Å². The summed E-state index contributed by atoms with van der Waals surface area (Å²) in [7, 11) is -3.67. The molecule has 0 aliphatic carbocycles. The van der Waals surface area contributed by atoms with Crippen LogP contribution in [0.5, 0.6) is 0 Å². The number of benzodiazepines with no additional fused rings is 1. The molecule has 1 N–H and O–H groups in total. The molecule has 0 spiro atoms. The number of fused-ring (bicyclic) bond motifs is 1. The maximum atomic E-state index is 13.7. The van der Waals surface area contributed by atoms with Gasteiger partial charge in [0.15, 0.2) is 11.8 Å². The van der Waals surface area contributed by atoms with Gasteiger partial charge in [0, 0.05) is 29.0 Å². The Morgan fingerprint density at radius 1 is 1.22 bits per heavy atom. The number of para-hydroxylation sites is 1. The molecule has 1 aliphatic heterocycles. The summed E-state index contributed by atoms with van der Waals surface area (Å²) in [6.45, 7) is 6.43. The zero-order valence-corrected chi connectivity index (χ0v) is 20.2. The van der Waals surface area contributed by atoms with Crippen LogP contribution in [-0.4, -0.2) is 43.6 Å². The Bertz CT molecular complexity index is 1140. The minimum atomic E-state index is -3.67. The predicted octanol–water partition coefficient (Wildman–Crippen LogP) is 4.06. The normalized spacial score (nSPS) is 17.0. The zero-order valence-electron chi connectivity index (χ0n) is 18.6. The van der Waals surface area contributed by atoms with Crippen LogP contribution in [0.1, 0.15) is 39.2 Å². The van der Waals surface area contributed by atoms with Crippen molar-refractivity contribution in [1.82, 2.24) is 4.72 Å². The maximum Gasteiger partial charge on any atom is 0.233 e.